The van der Waals surface area contributed by atoms with E-state index >= 15 is 0 Å². The fourth-order valence-corrected chi connectivity index (χ4v) is 3.83. The summed E-state index contributed by atoms with van der Waals surface area (Å²) in [4.78, 5) is 16.3. The third kappa shape index (κ3) is 2.82. The lowest BCUT2D eigenvalue weighted by molar-refractivity contribution is 0.261. The maximum absolute atomic E-state index is 4.91. The van der Waals surface area contributed by atoms with Crippen molar-refractivity contribution >= 4 is 5.82 Å². The largest absolute Gasteiger partial charge is 0.353 e. The molecule has 0 N–H and O–H groups in total. The zero-order chi connectivity index (χ0) is 15.6. The Morgan fingerprint density at radius 3 is 2.61 bits per heavy atom. The molecule has 1 saturated carbocycles. The first-order valence-electron chi connectivity index (χ1n) is 8.90. The number of rotatable bonds is 4. The topological polar surface area (TPSA) is 41.9 Å². The lowest BCUT2D eigenvalue weighted by atomic mass is 9.79. The second-order valence-electron chi connectivity index (χ2n) is 6.72. The predicted octanol–water partition coefficient (Wildman–Crippen LogP) is 3.87. The first kappa shape index (κ1) is 14.6. The third-order valence-electron chi connectivity index (χ3n) is 5.35. The SMILES string of the molecule is CCc1cc(N2CCCC2C2CCC2)nc(-c2ccncc2)n1. The van der Waals surface area contributed by atoms with Crippen molar-refractivity contribution in [1.29, 1.82) is 0 Å². The van der Waals surface area contributed by atoms with Crippen molar-refractivity contribution in [3.05, 3.63) is 36.3 Å². The third-order valence-corrected chi connectivity index (χ3v) is 5.35. The van der Waals surface area contributed by atoms with E-state index in [4.69, 9.17) is 9.97 Å². The van der Waals surface area contributed by atoms with E-state index in [-0.39, 0.29) is 0 Å². The number of hydrogen-bond donors (Lipinski definition) is 0. The Kier molecular flexibility index (Phi) is 3.98. The number of aromatic nitrogens is 3. The lowest BCUT2D eigenvalue weighted by Gasteiger charge is -2.37. The molecule has 1 saturated heterocycles. The van der Waals surface area contributed by atoms with Gasteiger partial charge in [-0.3, -0.25) is 4.98 Å². The second kappa shape index (κ2) is 6.26. The molecule has 23 heavy (non-hydrogen) atoms. The van der Waals surface area contributed by atoms with Crippen LogP contribution >= 0.6 is 0 Å². The molecule has 2 aromatic rings. The summed E-state index contributed by atoms with van der Waals surface area (Å²) in [5, 5.41) is 0. The van der Waals surface area contributed by atoms with E-state index in [0.29, 0.717) is 6.04 Å². The number of hydrogen-bond acceptors (Lipinski definition) is 4. The Morgan fingerprint density at radius 1 is 1.09 bits per heavy atom. The lowest BCUT2D eigenvalue weighted by Crippen LogP contribution is -2.39. The molecular formula is C19H24N4. The van der Waals surface area contributed by atoms with Crippen molar-refractivity contribution in [1.82, 2.24) is 15.0 Å². The van der Waals surface area contributed by atoms with Gasteiger partial charge in [0.15, 0.2) is 5.82 Å². The normalized spacial score (nSPS) is 21.4. The molecule has 120 valence electrons. The van der Waals surface area contributed by atoms with Gasteiger partial charge in [0.1, 0.15) is 5.82 Å². The molecule has 0 spiro atoms. The molecule has 0 radical (unpaired) electrons. The Hall–Kier alpha value is -1.97. The zero-order valence-electron chi connectivity index (χ0n) is 13.8. The van der Waals surface area contributed by atoms with Crippen molar-refractivity contribution in [2.45, 2.75) is 51.5 Å². The van der Waals surface area contributed by atoms with Crippen molar-refractivity contribution in [2.75, 3.05) is 11.4 Å². The number of aryl methyl sites for hydroxylation is 1. The van der Waals surface area contributed by atoms with Gasteiger partial charge in [0.05, 0.1) is 0 Å². The Bertz CT molecular complexity index is 666. The van der Waals surface area contributed by atoms with E-state index in [2.05, 4.69) is 22.9 Å². The van der Waals surface area contributed by atoms with Crippen molar-refractivity contribution in [3.8, 4) is 11.4 Å². The van der Waals surface area contributed by atoms with Crippen LogP contribution in [0.5, 0.6) is 0 Å². The summed E-state index contributed by atoms with van der Waals surface area (Å²) in [5.74, 6) is 2.83. The van der Waals surface area contributed by atoms with Crippen LogP contribution in [0, 0.1) is 5.92 Å². The van der Waals surface area contributed by atoms with Crippen LogP contribution in [0.4, 0.5) is 5.82 Å². The molecule has 2 aromatic heterocycles. The quantitative estimate of drug-likeness (QED) is 0.860. The van der Waals surface area contributed by atoms with E-state index in [0.717, 1.165) is 41.8 Å². The van der Waals surface area contributed by atoms with E-state index in [1.54, 1.807) is 0 Å². The molecule has 4 rings (SSSR count). The average molecular weight is 308 g/mol. The van der Waals surface area contributed by atoms with Crippen LogP contribution in [0.25, 0.3) is 11.4 Å². The highest BCUT2D eigenvalue weighted by molar-refractivity contribution is 5.57. The molecule has 0 aromatic carbocycles. The predicted molar refractivity (Wildman–Crippen MR) is 92.4 cm³/mol. The highest BCUT2D eigenvalue weighted by Gasteiger charge is 2.35. The van der Waals surface area contributed by atoms with Gasteiger partial charge in [0.25, 0.3) is 0 Å². The summed E-state index contributed by atoms with van der Waals surface area (Å²) in [5.41, 5.74) is 2.18. The number of pyridine rings is 1. The van der Waals surface area contributed by atoms with Crippen molar-refractivity contribution < 1.29 is 0 Å². The highest BCUT2D eigenvalue weighted by atomic mass is 15.2. The standard InChI is InChI=1S/C19H24N4/c1-2-16-13-18(22-19(21-16)15-8-10-20-11-9-15)23-12-4-7-17(23)14-5-3-6-14/h8-11,13-14,17H,2-7,12H2,1H3. The molecule has 3 heterocycles. The van der Waals surface area contributed by atoms with Crippen LogP contribution in [0.3, 0.4) is 0 Å². The van der Waals surface area contributed by atoms with Gasteiger partial charge in [-0.15, -0.1) is 0 Å². The summed E-state index contributed by atoms with van der Waals surface area (Å²) in [6, 6.07) is 6.87. The monoisotopic (exact) mass is 308 g/mol. The molecule has 4 heteroatoms. The number of nitrogens with zero attached hydrogens (tertiary/aromatic N) is 4. The summed E-state index contributed by atoms with van der Waals surface area (Å²) < 4.78 is 0. The molecule has 0 bridgehead atoms. The van der Waals surface area contributed by atoms with Gasteiger partial charge in [-0.05, 0) is 50.2 Å². The van der Waals surface area contributed by atoms with Gasteiger partial charge in [-0.1, -0.05) is 13.3 Å². The number of anilines is 1. The molecular weight excluding hydrogens is 284 g/mol. The minimum absolute atomic E-state index is 0.689. The van der Waals surface area contributed by atoms with Crippen LogP contribution in [-0.4, -0.2) is 27.5 Å². The Morgan fingerprint density at radius 2 is 1.91 bits per heavy atom. The minimum atomic E-state index is 0.689. The molecule has 2 aliphatic rings. The van der Waals surface area contributed by atoms with Crippen molar-refractivity contribution in [3.63, 3.8) is 0 Å². The molecule has 1 aliphatic carbocycles. The highest BCUT2D eigenvalue weighted by Crippen LogP contribution is 2.39. The van der Waals surface area contributed by atoms with Gasteiger partial charge in [-0.25, -0.2) is 9.97 Å². The molecule has 4 nitrogen and oxygen atoms in total. The maximum Gasteiger partial charge on any atom is 0.161 e. The van der Waals surface area contributed by atoms with Crippen molar-refractivity contribution in [2.24, 2.45) is 5.92 Å². The first-order valence-corrected chi connectivity index (χ1v) is 8.90. The molecule has 1 atom stereocenters. The van der Waals surface area contributed by atoms with Crippen LogP contribution in [0.2, 0.25) is 0 Å². The summed E-state index contributed by atoms with van der Waals surface area (Å²) >= 11 is 0. The summed E-state index contributed by atoms with van der Waals surface area (Å²) in [6.07, 6.45) is 11.4. The molecule has 0 amide bonds. The smallest absolute Gasteiger partial charge is 0.161 e. The van der Waals surface area contributed by atoms with E-state index in [1.165, 1.54) is 32.1 Å². The fourth-order valence-electron chi connectivity index (χ4n) is 3.83. The Balaban J connectivity index is 1.70. The van der Waals surface area contributed by atoms with Gasteiger partial charge in [0.2, 0.25) is 0 Å². The molecule has 2 fully saturated rings. The van der Waals surface area contributed by atoms with Crippen LogP contribution < -0.4 is 4.90 Å². The molecule has 1 unspecified atom stereocenters. The minimum Gasteiger partial charge on any atom is -0.353 e. The van der Waals surface area contributed by atoms with Gasteiger partial charge < -0.3 is 4.90 Å². The zero-order valence-corrected chi connectivity index (χ0v) is 13.8. The van der Waals surface area contributed by atoms with Crippen LogP contribution in [-0.2, 0) is 6.42 Å². The van der Waals surface area contributed by atoms with E-state index in [1.807, 2.05) is 24.5 Å². The van der Waals surface area contributed by atoms with Crippen LogP contribution in [0.15, 0.2) is 30.6 Å². The first-order chi connectivity index (χ1) is 11.3. The second-order valence-corrected chi connectivity index (χ2v) is 6.72. The van der Waals surface area contributed by atoms with Gasteiger partial charge in [-0.2, -0.15) is 0 Å². The summed E-state index contributed by atoms with van der Waals surface area (Å²) in [6.45, 7) is 3.30. The van der Waals surface area contributed by atoms with Gasteiger partial charge in [0, 0.05) is 42.3 Å². The Labute approximate surface area is 138 Å². The summed E-state index contributed by atoms with van der Waals surface area (Å²) in [7, 11) is 0. The van der Waals surface area contributed by atoms with Crippen LogP contribution in [0.1, 0.15) is 44.7 Å². The fraction of sp³-hybridized carbons (Fsp3) is 0.526. The van der Waals surface area contributed by atoms with E-state index < -0.39 is 0 Å². The maximum atomic E-state index is 4.91. The van der Waals surface area contributed by atoms with E-state index in [9.17, 15) is 0 Å². The average Bonchev–Trinajstić information content (AvgIpc) is 3.02. The van der Waals surface area contributed by atoms with Gasteiger partial charge >= 0.3 is 0 Å². The molecule has 1 aliphatic heterocycles.